The monoisotopic (exact) mass is 233 g/mol. The molecule has 0 bridgehead atoms. The highest BCUT2D eigenvalue weighted by atomic mass is 15.3. The molecule has 2 saturated carbocycles. The lowest BCUT2D eigenvalue weighted by molar-refractivity contribution is 0.398. The van der Waals surface area contributed by atoms with Crippen LogP contribution in [0, 0.1) is 17.8 Å². The molecule has 0 aliphatic heterocycles. The fourth-order valence-electron chi connectivity index (χ4n) is 3.90. The van der Waals surface area contributed by atoms with Crippen molar-refractivity contribution >= 4 is 0 Å². The summed E-state index contributed by atoms with van der Waals surface area (Å²) in [6, 6.07) is 2.74. The summed E-state index contributed by atoms with van der Waals surface area (Å²) in [6.07, 6.45) is 6.31. The van der Waals surface area contributed by atoms with Crippen LogP contribution in [0.1, 0.15) is 44.8 Å². The number of hydrogen-bond donors (Lipinski definition) is 1. The van der Waals surface area contributed by atoms with Crippen LogP contribution < -0.4 is 5.32 Å². The molecule has 2 fully saturated rings. The summed E-state index contributed by atoms with van der Waals surface area (Å²) >= 11 is 0. The highest BCUT2D eigenvalue weighted by molar-refractivity contribution is 5.17. The summed E-state index contributed by atoms with van der Waals surface area (Å²) in [5.41, 5.74) is 1.40. The first-order valence-corrected chi connectivity index (χ1v) is 7.11. The quantitative estimate of drug-likeness (QED) is 0.847. The van der Waals surface area contributed by atoms with Crippen LogP contribution in [0.25, 0.3) is 0 Å². The van der Waals surface area contributed by atoms with Crippen LogP contribution in [0.3, 0.4) is 0 Å². The summed E-state index contributed by atoms with van der Waals surface area (Å²) in [7, 11) is 0. The van der Waals surface area contributed by atoms with E-state index in [2.05, 4.69) is 35.0 Å². The third-order valence-corrected chi connectivity index (χ3v) is 4.65. The Labute approximate surface area is 104 Å². The molecular weight excluding hydrogens is 210 g/mol. The van der Waals surface area contributed by atoms with E-state index in [0.29, 0.717) is 6.04 Å². The van der Waals surface area contributed by atoms with E-state index < -0.39 is 0 Å². The second-order valence-electron chi connectivity index (χ2n) is 5.44. The van der Waals surface area contributed by atoms with Gasteiger partial charge in [0, 0.05) is 12.7 Å². The SMILES string of the molecule is CCNC(c1ccnn1CC)C1C2CCCC21. The third-order valence-electron chi connectivity index (χ3n) is 4.65. The lowest BCUT2D eigenvalue weighted by Gasteiger charge is -2.21. The number of nitrogens with one attached hydrogen (secondary N) is 1. The predicted molar refractivity (Wildman–Crippen MR) is 68.6 cm³/mol. The summed E-state index contributed by atoms with van der Waals surface area (Å²) in [5, 5.41) is 8.11. The van der Waals surface area contributed by atoms with Gasteiger partial charge in [0.05, 0.1) is 11.7 Å². The van der Waals surface area contributed by atoms with Crippen LogP contribution in [0.5, 0.6) is 0 Å². The van der Waals surface area contributed by atoms with Gasteiger partial charge in [-0.1, -0.05) is 13.3 Å². The number of aryl methyl sites for hydroxylation is 1. The van der Waals surface area contributed by atoms with Gasteiger partial charge < -0.3 is 5.32 Å². The molecule has 3 nitrogen and oxygen atoms in total. The van der Waals surface area contributed by atoms with E-state index in [0.717, 1.165) is 30.8 Å². The van der Waals surface area contributed by atoms with Gasteiger partial charge in [0.15, 0.2) is 0 Å². The number of fused-ring (bicyclic) bond motifs is 1. The van der Waals surface area contributed by atoms with Crippen LogP contribution >= 0.6 is 0 Å². The first-order valence-electron chi connectivity index (χ1n) is 7.11. The maximum atomic E-state index is 4.42. The van der Waals surface area contributed by atoms with Crippen molar-refractivity contribution in [1.82, 2.24) is 15.1 Å². The van der Waals surface area contributed by atoms with Gasteiger partial charge in [0.1, 0.15) is 0 Å². The lowest BCUT2D eigenvalue weighted by atomic mass is 10.0. The fourth-order valence-corrected chi connectivity index (χ4v) is 3.90. The topological polar surface area (TPSA) is 29.9 Å². The van der Waals surface area contributed by atoms with Gasteiger partial charge in [-0.25, -0.2) is 0 Å². The molecular formula is C14H23N3. The molecule has 0 radical (unpaired) electrons. The maximum absolute atomic E-state index is 4.42. The number of aromatic nitrogens is 2. The van der Waals surface area contributed by atoms with Crippen molar-refractivity contribution in [1.29, 1.82) is 0 Å². The average molecular weight is 233 g/mol. The molecule has 2 aliphatic carbocycles. The van der Waals surface area contributed by atoms with E-state index in [9.17, 15) is 0 Å². The first-order chi connectivity index (χ1) is 8.36. The van der Waals surface area contributed by atoms with Gasteiger partial charge in [0.25, 0.3) is 0 Å². The van der Waals surface area contributed by atoms with Crippen molar-refractivity contribution in [3.8, 4) is 0 Å². The first kappa shape index (κ1) is 11.3. The molecule has 3 rings (SSSR count). The molecule has 2 aliphatic rings. The molecule has 1 heterocycles. The van der Waals surface area contributed by atoms with E-state index in [-0.39, 0.29) is 0 Å². The zero-order valence-corrected chi connectivity index (χ0v) is 10.9. The van der Waals surface area contributed by atoms with Gasteiger partial charge in [-0.05, 0) is 50.1 Å². The molecule has 1 aromatic rings. The molecule has 1 N–H and O–H groups in total. The lowest BCUT2D eigenvalue weighted by Crippen LogP contribution is -2.27. The van der Waals surface area contributed by atoms with E-state index >= 15 is 0 Å². The Morgan fingerprint density at radius 2 is 2.18 bits per heavy atom. The minimum Gasteiger partial charge on any atom is -0.309 e. The zero-order chi connectivity index (χ0) is 11.8. The smallest absolute Gasteiger partial charge is 0.0556 e. The fraction of sp³-hybridized carbons (Fsp3) is 0.786. The maximum Gasteiger partial charge on any atom is 0.0556 e. The molecule has 3 heteroatoms. The Hall–Kier alpha value is -0.830. The third kappa shape index (κ3) is 1.81. The van der Waals surface area contributed by atoms with Crippen LogP contribution in [-0.2, 0) is 6.54 Å². The predicted octanol–water partition coefficient (Wildman–Crippen LogP) is 2.60. The average Bonchev–Trinajstić information content (AvgIpc) is 2.78. The minimum atomic E-state index is 0.540. The Bertz CT molecular complexity index is 375. The molecule has 0 spiro atoms. The van der Waals surface area contributed by atoms with Crippen LogP contribution in [0.4, 0.5) is 0 Å². The van der Waals surface area contributed by atoms with E-state index in [1.807, 2.05) is 6.20 Å². The zero-order valence-electron chi connectivity index (χ0n) is 10.9. The van der Waals surface area contributed by atoms with Crippen molar-refractivity contribution < 1.29 is 0 Å². The molecule has 0 amide bonds. The highest BCUT2D eigenvalue weighted by Crippen LogP contribution is 2.62. The Balaban J connectivity index is 1.81. The standard InChI is InChI=1S/C14H23N3/c1-3-15-14(12-8-9-16-17(12)4-2)13-10-6-5-7-11(10)13/h8-11,13-15H,3-7H2,1-2H3. The number of nitrogens with zero attached hydrogens (tertiary/aromatic N) is 2. The second kappa shape index (κ2) is 4.45. The normalized spacial score (nSPS) is 32.5. The molecule has 17 heavy (non-hydrogen) atoms. The molecule has 3 unspecified atom stereocenters. The van der Waals surface area contributed by atoms with E-state index in [1.54, 1.807) is 0 Å². The summed E-state index contributed by atoms with van der Waals surface area (Å²) in [6.45, 7) is 6.41. The van der Waals surface area contributed by atoms with Gasteiger partial charge in [-0.2, -0.15) is 5.10 Å². The largest absolute Gasteiger partial charge is 0.309 e. The Morgan fingerprint density at radius 1 is 1.41 bits per heavy atom. The van der Waals surface area contributed by atoms with Crippen LogP contribution in [0.2, 0.25) is 0 Å². The summed E-state index contributed by atoms with van der Waals surface area (Å²) < 4.78 is 2.15. The summed E-state index contributed by atoms with van der Waals surface area (Å²) in [4.78, 5) is 0. The number of rotatable bonds is 5. The highest BCUT2D eigenvalue weighted by Gasteiger charge is 2.56. The van der Waals surface area contributed by atoms with E-state index in [1.165, 1.54) is 25.0 Å². The summed E-state index contributed by atoms with van der Waals surface area (Å²) in [5.74, 6) is 2.88. The van der Waals surface area contributed by atoms with Crippen LogP contribution in [0.15, 0.2) is 12.3 Å². The van der Waals surface area contributed by atoms with Crippen molar-refractivity contribution in [3.63, 3.8) is 0 Å². The Morgan fingerprint density at radius 3 is 2.82 bits per heavy atom. The second-order valence-corrected chi connectivity index (χ2v) is 5.44. The van der Waals surface area contributed by atoms with Crippen molar-refractivity contribution in [2.75, 3.05) is 6.54 Å². The molecule has 0 aromatic carbocycles. The van der Waals surface area contributed by atoms with Crippen molar-refractivity contribution in [2.45, 2.75) is 45.7 Å². The van der Waals surface area contributed by atoms with Crippen molar-refractivity contribution in [3.05, 3.63) is 18.0 Å². The van der Waals surface area contributed by atoms with Crippen molar-refractivity contribution in [2.24, 2.45) is 17.8 Å². The molecule has 3 atom stereocenters. The minimum absolute atomic E-state index is 0.540. The molecule has 0 saturated heterocycles. The Kier molecular flexibility index (Phi) is 2.95. The molecule has 94 valence electrons. The van der Waals surface area contributed by atoms with Crippen LogP contribution in [-0.4, -0.2) is 16.3 Å². The van der Waals surface area contributed by atoms with Gasteiger partial charge >= 0.3 is 0 Å². The van der Waals surface area contributed by atoms with E-state index in [4.69, 9.17) is 0 Å². The van der Waals surface area contributed by atoms with Gasteiger partial charge in [0.2, 0.25) is 0 Å². The molecule has 1 aromatic heterocycles. The number of hydrogen-bond acceptors (Lipinski definition) is 2. The van der Waals surface area contributed by atoms with Gasteiger partial charge in [-0.15, -0.1) is 0 Å². The van der Waals surface area contributed by atoms with Gasteiger partial charge in [-0.3, -0.25) is 4.68 Å².